The van der Waals surface area contributed by atoms with Crippen LogP contribution in [-0.4, -0.2) is 125 Å². The van der Waals surface area contributed by atoms with E-state index in [0.29, 0.717) is 64.9 Å². The van der Waals surface area contributed by atoms with E-state index in [0.717, 1.165) is 72.9 Å². The largest absolute Gasteiger partial charge is 0.747 e. The lowest BCUT2D eigenvalue weighted by atomic mass is 10.3. The van der Waals surface area contributed by atoms with Gasteiger partial charge in [0.25, 0.3) is 0 Å². The number of rotatable bonds is 27. The summed E-state index contributed by atoms with van der Waals surface area (Å²) in [4.78, 5) is 63.9. The van der Waals surface area contributed by atoms with Crippen molar-refractivity contribution in [2.75, 3.05) is 86.3 Å². The Bertz CT molecular complexity index is 5220. The van der Waals surface area contributed by atoms with Gasteiger partial charge < -0.3 is 37.5 Å². The molecule has 6 unspecified atom stereocenters. The van der Waals surface area contributed by atoms with Gasteiger partial charge in [0.15, 0.2) is 50.4 Å². The molecule has 0 spiro atoms. The number of methoxy groups -OCH3 is 3. The van der Waals surface area contributed by atoms with Crippen LogP contribution in [0.3, 0.4) is 0 Å². The molecule has 0 aliphatic rings. The molecule has 0 aliphatic carbocycles. The van der Waals surface area contributed by atoms with Crippen LogP contribution in [0, 0.1) is 0 Å². The smallest absolute Gasteiger partial charge is 0.497 e. The van der Waals surface area contributed by atoms with E-state index >= 15 is 0 Å². The quantitative estimate of drug-likeness (QED) is 0.0222. The van der Waals surface area contributed by atoms with Crippen LogP contribution in [0.1, 0.15) is 41.5 Å². The maximum Gasteiger partial charge on any atom is 0.747 e. The summed E-state index contributed by atoms with van der Waals surface area (Å²) in [6, 6.07) is 96.3. The normalized spacial score (nSPS) is 10.2. The SMILES string of the molecule is CCOc1ccc([P+](=O)O)cc1.CCOc1ccc([P+](=O)c2ccc(OCC)cc2)cc1.CC[P+](=O)CC.CC[P+](=O)O.COc1ccc([P+](=O)O)cc1.COc1ccc([P+](=O)c2ccc(OC)cc2)cc1.CP(=O)(Oc1ccccc1)Oc1ccccc1.C[P+](=O)O.C[P+](C)=O.O=[P+](O)O.O=[P+](O)Oc1ccccc1.O=[P+](O)c1ccccc1.O=[P+](c1ccccc1)c1ccccc1. The molecule has 0 aliphatic heterocycles. The molecule has 8 N–H and O–H groups in total. The predicted octanol–water partition coefficient (Wildman–Crippen LogP) is 21.1. The minimum atomic E-state index is -3.14. The molecule has 30 nitrogen and oxygen atoms in total. The number of hydrogen-bond acceptors (Lipinski definition) is 22. The zero-order valence-electron chi connectivity index (χ0n) is 75.8. The minimum Gasteiger partial charge on any atom is -0.497 e. The van der Waals surface area contributed by atoms with Crippen molar-refractivity contribution in [3.63, 3.8) is 0 Å². The van der Waals surface area contributed by atoms with Gasteiger partial charge in [-0.05, 0) is 283 Å². The van der Waals surface area contributed by atoms with Crippen molar-refractivity contribution < 1.29 is 140 Å². The lowest BCUT2D eigenvalue weighted by Crippen LogP contribution is -2.06. The van der Waals surface area contributed by atoms with E-state index in [9.17, 15) is 50.2 Å². The zero-order valence-corrected chi connectivity index (χ0v) is 87.4. The highest BCUT2D eigenvalue weighted by atomic mass is 31.2. The molecule has 6 atom stereocenters. The molecule has 12 aromatic rings. The number of benzene rings is 12. The van der Waals surface area contributed by atoms with E-state index in [1.165, 1.54) is 13.3 Å². The highest BCUT2D eigenvalue weighted by molar-refractivity contribution is 7.62. The van der Waals surface area contributed by atoms with Crippen molar-refractivity contribution >= 4 is 151 Å². The third-order valence-corrected chi connectivity index (χ3v) is 25.2. The van der Waals surface area contributed by atoms with E-state index in [-0.39, 0.29) is 0 Å². The van der Waals surface area contributed by atoms with E-state index in [4.69, 9.17) is 85.7 Å². The van der Waals surface area contributed by atoms with E-state index in [1.807, 2.05) is 235 Å². The summed E-state index contributed by atoms with van der Waals surface area (Å²) < 4.78 is 184. The molecule has 12 rings (SSSR count). The van der Waals surface area contributed by atoms with Crippen LogP contribution < -0.4 is 89.7 Å². The molecule has 0 heterocycles. The van der Waals surface area contributed by atoms with Crippen LogP contribution in [0.5, 0.6) is 51.7 Å². The molecular weight excluding hydrogens is 1980 g/mol. The molecule has 12 aromatic carbocycles. The van der Waals surface area contributed by atoms with Gasteiger partial charge in [-0.25, -0.2) is 9.09 Å². The monoisotopic (exact) mass is 2090 g/mol. The van der Waals surface area contributed by atoms with Crippen molar-refractivity contribution in [2.24, 2.45) is 0 Å². The first-order valence-corrected chi connectivity index (χ1v) is 58.4. The van der Waals surface area contributed by atoms with Gasteiger partial charge in [-0.1, -0.05) is 132 Å². The van der Waals surface area contributed by atoms with Crippen molar-refractivity contribution in [1.29, 1.82) is 0 Å². The fraction of sp³-hybridized carbons (Fsp3) is 0.209. The Morgan fingerprint density at radius 3 is 0.612 bits per heavy atom. The highest BCUT2D eigenvalue weighted by Gasteiger charge is 2.27. The molecule has 0 bridgehead atoms. The van der Waals surface area contributed by atoms with E-state index in [1.54, 1.807) is 169 Å². The van der Waals surface area contributed by atoms with Crippen molar-refractivity contribution in [2.45, 2.75) is 41.5 Å². The average Bonchev–Trinajstić information content (AvgIpc) is 0.842. The molecular formula is C91H113O30P13+12. The first-order valence-electron chi connectivity index (χ1n) is 39.8. The summed E-state index contributed by atoms with van der Waals surface area (Å²) >= 11 is 0. The Kier molecular flexibility index (Phi) is 70.4. The highest BCUT2D eigenvalue weighted by Crippen LogP contribution is 2.45. The van der Waals surface area contributed by atoms with Gasteiger partial charge in [-0.3, -0.25) is 0 Å². The standard InChI is InChI=1S/C16H18O3P.C14H14O3P.C13H13O3P.C12H10OP.C8H9O3P.C7H7O3P.C6H5O3P.C6H5O2P.C4H10OP.C2H5O2P.C2H6OP.CH3O2P.HO3P/c1-3-18-13-5-9-15(10-6-13)20(17)16-11-7-14(8-12-16)19-4-2;1-16-11-3-7-13(8-4-11)18(15)14-9-5-12(17-2)6-10-14;1-17(14,15-12-8-4-2-5-9-12)16-13-10-6-3-7-11-13;13-14(11-7-3-1-4-8-11)12-9-5-2-6-10-12;1-2-11-7-3-5-8(6-4-7)12(9)10;1-10-6-2-4-7(5-3-6)11(8)9;7-10(8)9-6-4-2-1-3-5-6;7-9(8)6-4-2-1-3-5-6;1-3-6(5)4-2;1-2-5(3)4;3*1-4(2)3/h5-12H,3-4H2,1-2H3;3-10H,1-2H3;2-11H,1H3;1-10H;3-6H,2H2,1H3;2-5H,1H3;1-5H;1-5H;3-4H2,1-2H3;2H2,1H3;1-2H3;1H3;(H-,1,2,3)/q2*+1;;+1;;;;;+1;;+1;;/p+7. The van der Waals surface area contributed by atoms with Gasteiger partial charge in [-0.15, -0.1) is 14.7 Å². The summed E-state index contributed by atoms with van der Waals surface area (Å²) in [5.74, 6) is 6.00. The Morgan fingerprint density at radius 2 is 0.440 bits per heavy atom. The molecule has 0 fully saturated rings. The maximum absolute atomic E-state index is 12.5. The van der Waals surface area contributed by atoms with Crippen LogP contribution in [0.4, 0.5) is 0 Å². The summed E-state index contributed by atoms with van der Waals surface area (Å²) in [5.41, 5.74) is 0. The number of hydrogen-bond donors (Lipinski definition) is 8. The van der Waals surface area contributed by atoms with E-state index < -0.39 is 103 Å². The fourth-order valence-electron chi connectivity index (χ4n) is 8.96. The van der Waals surface area contributed by atoms with Gasteiger partial charge in [-0.2, -0.15) is 24.5 Å². The summed E-state index contributed by atoms with van der Waals surface area (Å²) in [5, 5.41) is 6.26. The summed E-state index contributed by atoms with van der Waals surface area (Å²) in [7, 11) is -20.3. The Balaban J connectivity index is 0.00000147. The van der Waals surface area contributed by atoms with Crippen molar-refractivity contribution in [3.05, 3.63) is 328 Å². The van der Waals surface area contributed by atoms with Crippen LogP contribution in [0.2, 0.25) is 0 Å². The topological polar surface area (TPSA) is 467 Å². The Morgan fingerprint density at radius 1 is 0.261 bits per heavy atom. The first kappa shape index (κ1) is 124. The zero-order chi connectivity index (χ0) is 101. The maximum atomic E-state index is 12.5. The lowest BCUT2D eigenvalue weighted by molar-refractivity contribution is 0.340. The van der Waals surface area contributed by atoms with Gasteiger partial charge in [0.2, 0.25) is 15.9 Å². The molecule has 0 saturated carbocycles. The average molecular weight is 2090 g/mol. The van der Waals surface area contributed by atoms with Gasteiger partial charge in [0.05, 0.1) is 47.8 Å². The molecule has 134 heavy (non-hydrogen) atoms. The number of ether oxygens (including phenoxy) is 6. The summed E-state index contributed by atoms with van der Waals surface area (Å²) in [6.45, 7) is 19.2. The van der Waals surface area contributed by atoms with Gasteiger partial charge in [0, 0.05) is 9.13 Å². The molecule has 0 aromatic heterocycles. The lowest BCUT2D eigenvalue weighted by Gasteiger charge is -2.15. The summed E-state index contributed by atoms with van der Waals surface area (Å²) in [6.07, 6.45) is 2.05. The third-order valence-electron chi connectivity index (χ3n) is 14.9. The van der Waals surface area contributed by atoms with Crippen molar-refractivity contribution in [3.8, 4) is 51.7 Å². The van der Waals surface area contributed by atoms with Gasteiger partial charge >= 0.3 is 103 Å². The second kappa shape index (κ2) is 76.2. The second-order valence-corrected chi connectivity index (χ2v) is 42.4. The Labute approximate surface area is 793 Å². The first-order chi connectivity index (χ1) is 63.9. The van der Waals surface area contributed by atoms with Crippen LogP contribution >= 0.6 is 103 Å². The molecule has 710 valence electrons. The molecule has 0 saturated heterocycles. The molecule has 43 heteroatoms. The third kappa shape index (κ3) is 62.5. The van der Waals surface area contributed by atoms with Crippen LogP contribution in [0.15, 0.2) is 328 Å². The van der Waals surface area contributed by atoms with Crippen molar-refractivity contribution in [1.82, 2.24) is 0 Å². The molecule has 0 amide bonds. The van der Waals surface area contributed by atoms with Crippen LogP contribution in [-0.2, 0) is 59.3 Å². The number of para-hydroxylation sites is 3. The van der Waals surface area contributed by atoms with E-state index in [2.05, 4.69) is 4.52 Å². The van der Waals surface area contributed by atoms with Gasteiger partial charge in [0.1, 0.15) is 71.6 Å². The fourth-order valence-corrected chi connectivity index (χ4v) is 15.5. The Hall–Kier alpha value is -10.1. The van der Waals surface area contributed by atoms with Crippen LogP contribution in [0.25, 0.3) is 0 Å². The minimum absolute atomic E-state index is 0.370. The molecule has 0 radical (unpaired) electrons. The second-order valence-electron chi connectivity index (χ2n) is 25.1. The predicted molar refractivity (Wildman–Crippen MR) is 541 cm³/mol.